The molecule has 0 unspecified atom stereocenters. The molecular weight excluding hydrogens is 518 g/mol. The Balaban J connectivity index is 1.03. The molecule has 12 rings (SSSR count). The highest BCUT2D eigenvalue weighted by Gasteiger charge is 2.52. The van der Waals surface area contributed by atoms with Gasteiger partial charge in [-0.3, -0.25) is 0 Å². The van der Waals surface area contributed by atoms with Crippen molar-refractivity contribution in [2.45, 2.75) is 87.9 Å². The molecule has 8 bridgehead atoms. The van der Waals surface area contributed by atoms with Gasteiger partial charge in [-0.25, -0.2) is 0 Å². The maximum atomic E-state index is 2.51. The molecule has 4 aromatic carbocycles. The number of anilines is 3. The highest BCUT2D eigenvalue weighted by Crippen LogP contribution is 2.62. The molecule has 1 heteroatoms. The van der Waals surface area contributed by atoms with E-state index in [1.54, 1.807) is 11.1 Å². The molecule has 0 heterocycles. The average Bonchev–Trinajstić information content (AvgIpc) is 3.00. The standard InChI is InChI=1S/C42H45N/c1-2-4-35-21-40(10-5-34(35)3-1)43(38-11-6-36(7-12-38)41-22-28-15-29(23-41)17-30(16-28)24-41)39-13-8-37(9-14-39)42-25-31-18-32(26-42)20-33(19-31)27-42/h1-14,21,28-33H,15-20,22-27H2. The van der Waals surface area contributed by atoms with Crippen molar-refractivity contribution in [1.29, 1.82) is 0 Å². The van der Waals surface area contributed by atoms with Crippen LogP contribution in [0.2, 0.25) is 0 Å². The molecule has 1 nitrogen and oxygen atoms in total. The van der Waals surface area contributed by atoms with Crippen LogP contribution in [0.15, 0.2) is 91.0 Å². The summed E-state index contributed by atoms with van der Waals surface area (Å²) in [5.74, 6) is 5.88. The summed E-state index contributed by atoms with van der Waals surface area (Å²) in [7, 11) is 0. The first-order valence-electron chi connectivity index (χ1n) is 17.6. The third-order valence-corrected chi connectivity index (χ3v) is 13.5. The van der Waals surface area contributed by atoms with Crippen LogP contribution in [0, 0.1) is 35.5 Å². The molecule has 218 valence electrons. The number of rotatable bonds is 5. The van der Waals surface area contributed by atoms with E-state index < -0.39 is 0 Å². The smallest absolute Gasteiger partial charge is 0.0468 e. The zero-order valence-electron chi connectivity index (χ0n) is 25.6. The van der Waals surface area contributed by atoms with Crippen molar-refractivity contribution in [3.05, 3.63) is 102 Å². The SMILES string of the molecule is c1ccc2cc(N(c3ccc(C45CC6CC(CC(C6)C4)C5)cc3)c3ccc(C45CC6CC(CC(C6)C4)C5)cc3)ccc2c1. The van der Waals surface area contributed by atoms with Crippen LogP contribution in [0.25, 0.3) is 10.8 Å². The third kappa shape index (κ3) is 4.02. The van der Waals surface area contributed by atoms with Crippen LogP contribution >= 0.6 is 0 Å². The molecule has 0 amide bonds. The van der Waals surface area contributed by atoms with Crippen molar-refractivity contribution in [3.8, 4) is 0 Å². The minimum Gasteiger partial charge on any atom is -0.310 e. The molecule has 8 aliphatic carbocycles. The van der Waals surface area contributed by atoms with Crippen molar-refractivity contribution in [2.75, 3.05) is 4.90 Å². The summed E-state index contributed by atoms with van der Waals surface area (Å²) in [6.07, 6.45) is 17.6. The first-order chi connectivity index (χ1) is 21.1. The van der Waals surface area contributed by atoms with E-state index in [1.807, 2.05) is 0 Å². The Morgan fingerprint density at radius 1 is 0.395 bits per heavy atom. The fourth-order valence-electron chi connectivity index (χ4n) is 12.6. The Bertz CT molecular complexity index is 1520. The quantitative estimate of drug-likeness (QED) is 0.233. The Labute approximate surface area is 257 Å². The number of hydrogen-bond donors (Lipinski definition) is 0. The van der Waals surface area contributed by atoms with Crippen LogP contribution in [-0.4, -0.2) is 0 Å². The second-order valence-corrected chi connectivity index (χ2v) is 16.4. The van der Waals surface area contributed by atoms with Crippen LogP contribution in [0.4, 0.5) is 17.1 Å². The molecule has 8 saturated carbocycles. The summed E-state index contributed by atoms with van der Waals surface area (Å²) in [5.41, 5.74) is 7.94. The lowest BCUT2D eigenvalue weighted by Gasteiger charge is -2.57. The van der Waals surface area contributed by atoms with E-state index in [-0.39, 0.29) is 0 Å². The molecule has 0 aromatic heterocycles. The monoisotopic (exact) mass is 563 g/mol. The van der Waals surface area contributed by atoms with Crippen LogP contribution < -0.4 is 4.90 Å². The lowest BCUT2D eigenvalue weighted by Crippen LogP contribution is -2.48. The van der Waals surface area contributed by atoms with E-state index in [0.717, 1.165) is 35.5 Å². The lowest BCUT2D eigenvalue weighted by molar-refractivity contribution is -0.00529. The summed E-state index contributed by atoms with van der Waals surface area (Å²) in [5, 5.41) is 2.61. The van der Waals surface area contributed by atoms with Gasteiger partial charge in [-0.15, -0.1) is 0 Å². The zero-order chi connectivity index (χ0) is 28.2. The molecule has 0 spiro atoms. The van der Waals surface area contributed by atoms with Gasteiger partial charge in [0.15, 0.2) is 0 Å². The van der Waals surface area contributed by atoms with Crippen molar-refractivity contribution in [1.82, 2.24) is 0 Å². The summed E-state index contributed by atoms with van der Waals surface area (Å²) in [4.78, 5) is 2.51. The predicted octanol–water partition coefficient (Wildman–Crippen LogP) is 11.2. The van der Waals surface area contributed by atoms with E-state index in [4.69, 9.17) is 0 Å². The van der Waals surface area contributed by atoms with Crippen LogP contribution in [0.5, 0.6) is 0 Å². The fraction of sp³-hybridized carbons (Fsp3) is 0.476. The highest BCUT2D eigenvalue weighted by molar-refractivity contribution is 5.89. The summed E-state index contributed by atoms with van der Waals surface area (Å²) < 4.78 is 0. The zero-order valence-corrected chi connectivity index (χ0v) is 25.6. The molecular formula is C42H45N. The van der Waals surface area contributed by atoms with Crippen molar-refractivity contribution < 1.29 is 0 Å². The van der Waals surface area contributed by atoms with Gasteiger partial charge in [0.1, 0.15) is 0 Å². The first kappa shape index (κ1) is 25.3. The minimum atomic E-state index is 0.445. The Morgan fingerprint density at radius 3 is 1.19 bits per heavy atom. The second-order valence-electron chi connectivity index (χ2n) is 16.4. The summed E-state index contributed by atoms with van der Waals surface area (Å²) in [6.45, 7) is 0. The third-order valence-electron chi connectivity index (χ3n) is 13.5. The van der Waals surface area contributed by atoms with Crippen molar-refractivity contribution in [3.63, 3.8) is 0 Å². The normalized spacial score (nSPS) is 36.8. The van der Waals surface area contributed by atoms with Gasteiger partial charge in [0, 0.05) is 17.1 Å². The van der Waals surface area contributed by atoms with Gasteiger partial charge in [-0.1, -0.05) is 54.6 Å². The van der Waals surface area contributed by atoms with E-state index in [1.165, 1.54) is 105 Å². The lowest BCUT2D eigenvalue weighted by atomic mass is 9.48. The van der Waals surface area contributed by atoms with E-state index >= 15 is 0 Å². The maximum Gasteiger partial charge on any atom is 0.0468 e. The van der Waals surface area contributed by atoms with Gasteiger partial charge in [0.2, 0.25) is 0 Å². The molecule has 0 atom stereocenters. The number of fused-ring (bicyclic) bond motifs is 1. The Morgan fingerprint density at radius 2 is 0.767 bits per heavy atom. The predicted molar refractivity (Wildman–Crippen MR) is 178 cm³/mol. The number of benzene rings is 4. The van der Waals surface area contributed by atoms with Crippen molar-refractivity contribution in [2.24, 2.45) is 35.5 Å². The van der Waals surface area contributed by atoms with Crippen LogP contribution in [0.1, 0.15) is 88.2 Å². The van der Waals surface area contributed by atoms with Gasteiger partial charge < -0.3 is 4.90 Å². The molecule has 43 heavy (non-hydrogen) atoms. The molecule has 0 N–H and O–H groups in total. The average molecular weight is 564 g/mol. The fourth-order valence-corrected chi connectivity index (χ4v) is 12.6. The highest BCUT2D eigenvalue weighted by atomic mass is 15.1. The van der Waals surface area contributed by atoms with Gasteiger partial charge >= 0.3 is 0 Å². The topological polar surface area (TPSA) is 3.24 Å². The van der Waals surface area contributed by atoms with E-state index in [9.17, 15) is 0 Å². The first-order valence-corrected chi connectivity index (χ1v) is 17.6. The largest absolute Gasteiger partial charge is 0.310 e. The Kier molecular flexibility index (Phi) is 5.43. The Hall–Kier alpha value is -3.06. The van der Waals surface area contributed by atoms with Gasteiger partial charge in [-0.05, 0) is 182 Å². The van der Waals surface area contributed by atoms with Crippen molar-refractivity contribution >= 4 is 27.8 Å². The number of hydrogen-bond acceptors (Lipinski definition) is 1. The summed E-state index contributed by atoms with van der Waals surface area (Å²) >= 11 is 0. The molecule has 8 aliphatic rings. The van der Waals surface area contributed by atoms with Crippen LogP contribution in [0.3, 0.4) is 0 Å². The molecule has 0 aliphatic heterocycles. The molecule has 0 saturated heterocycles. The number of nitrogens with zero attached hydrogens (tertiary/aromatic N) is 1. The minimum absolute atomic E-state index is 0.445. The van der Waals surface area contributed by atoms with Crippen LogP contribution in [-0.2, 0) is 10.8 Å². The van der Waals surface area contributed by atoms with Gasteiger partial charge in [-0.2, -0.15) is 0 Å². The molecule has 8 fully saturated rings. The maximum absolute atomic E-state index is 2.51. The van der Waals surface area contributed by atoms with Gasteiger partial charge in [0.05, 0.1) is 0 Å². The van der Waals surface area contributed by atoms with E-state index in [0.29, 0.717) is 10.8 Å². The van der Waals surface area contributed by atoms with E-state index in [2.05, 4.69) is 95.9 Å². The second kappa shape index (κ2) is 9.23. The van der Waals surface area contributed by atoms with Gasteiger partial charge in [0.25, 0.3) is 0 Å². The summed E-state index contributed by atoms with van der Waals surface area (Å²) in [6, 6.07) is 35.6. The molecule has 0 radical (unpaired) electrons. The molecule has 4 aromatic rings.